The molecule has 0 bridgehead atoms. The van der Waals surface area contributed by atoms with Crippen molar-refractivity contribution in [1.29, 1.82) is 0 Å². The third kappa shape index (κ3) is 5.70. The zero-order valence-corrected chi connectivity index (χ0v) is 16.2. The molecule has 7 nitrogen and oxygen atoms in total. The van der Waals surface area contributed by atoms with Crippen molar-refractivity contribution in [3.8, 4) is 5.75 Å². The van der Waals surface area contributed by atoms with E-state index in [9.17, 15) is 14.4 Å². The zero-order valence-electron chi connectivity index (χ0n) is 16.2. The Hall–Kier alpha value is -2.57. The van der Waals surface area contributed by atoms with Gasteiger partial charge < -0.3 is 19.6 Å². The van der Waals surface area contributed by atoms with E-state index in [0.29, 0.717) is 31.6 Å². The molecule has 1 aromatic carbocycles. The van der Waals surface area contributed by atoms with Gasteiger partial charge in [0.05, 0.1) is 12.5 Å². The van der Waals surface area contributed by atoms with Crippen LogP contribution in [0.4, 0.5) is 0 Å². The Morgan fingerprint density at radius 2 is 2.11 bits per heavy atom. The second-order valence-corrected chi connectivity index (χ2v) is 7.04. The molecule has 148 valence electrons. The third-order valence-electron chi connectivity index (χ3n) is 4.79. The molecule has 7 heteroatoms. The van der Waals surface area contributed by atoms with Crippen LogP contribution in [0.5, 0.6) is 5.75 Å². The quantitative estimate of drug-likeness (QED) is 0.786. The molecule has 1 N–H and O–H groups in total. The lowest BCUT2D eigenvalue weighted by molar-refractivity contribution is -0.148. The van der Waals surface area contributed by atoms with Gasteiger partial charge in [-0.3, -0.25) is 14.4 Å². The Kier molecular flexibility index (Phi) is 7.21. The molecule has 0 saturated carbocycles. The topological polar surface area (TPSA) is 87.2 Å². The number of aryl methyl sites for hydroxylation is 1. The molecule has 0 radical (unpaired) electrons. The summed E-state index contributed by atoms with van der Waals surface area (Å²) in [6.07, 6.45) is 1.05. The van der Waals surface area contributed by atoms with Crippen LogP contribution in [0, 0.1) is 12.8 Å². The van der Waals surface area contributed by atoms with Gasteiger partial charge in [0, 0.05) is 20.1 Å². The molecule has 1 heterocycles. The summed E-state index contributed by atoms with van der Waals surface area (Å²) in [5, 5.41) is 9.15. The van der Waals surface area contributed by atoms with Gasteiger partial charge in [0.1, 0.15) is 5.75 Å². The van der Waals surface area contributed by atoms with Crippen LogP contribution in [0.2, 0.25) is 0 Å². The van der Waals surface area contributed by atoms with E-state index in [1.54, 1.807) is 13.1 Å². The van der Waals surface area contributed by atoms with Crippen LogP contribution in [0.25, 0.3) is 0 Å². The summed E-state index contributed by atoms with van der Waals surface area (Å²) in [7, 11) is 1.57. The standard InChI is InChI=1S/C20H28N2O5/c1-4-17(27-16-9-5-7-14(2)11-16)19(24)21(3)13-18(23)22-10-6-8-15(12-22)20(25)26/h5,7,9,11,15,17H,4,6,8,10,12-13H2,1-3H3,(H,25,26). The number of likely N-dealkylation sites (N-methyl/N-ethyl adjacent to an activating group) is 1. The van der Waals surface area contributed by atoms with Gasteiger partial charge in [-0.1, -0.05) is 19.1 Å². The molecule has 0 aliphatic carbocycles. The molecule has 1 fully saturated rings. The summed E-state index contributed by atoms with van der Waals surface area (Å²) in [5.74, 6) is -1.29. The minimum Gasteiger partial charge on any atom is -0.481 e. The SMILES string of the molecule is CCC(Oc1cccc(C)c1)C(=O)N(C)CC(=O)N1CCCC(C(=O)O)C1. The molecule has 27 heavy (non-hydrogen) atoms. The molecule has 1 aliphatic rings. The molecular weight excluding hydrogens is 348 g/mol. The summed E-state index contributed by atoms with van der Waals surface area (Å²) >= 11 is 0. The molecule has 0 spiro atoms. The molecule has 2 atom stereocenters. The smallest absolute Gasteiger partial charge is 0.308 e. The minimum absolute atomic E-state index is 0.0845. The first-order valence-corrected chi connectivity index (χ1v) is 9.30. The number of piperidine rings is 1. The number of ether oxygens (including phenoxy) is 1. The van der Waals surface area contributed by atoms with E-state index in [4.69, 9.17) is 9.84 Å². The van der Waals surface area contributed by atoms with Crippen LogP contribution >= 0.6 is 0 Å². The van der Waals surface area contributed by atoms with Crippen LogP contribution in [0.3, 0.4) is 0 Å². The van der Waals surface area contributed by atoms with Crippen molar-refractivity contribution in [2.75, 3.05) is 26.7 Å². The lowest BCUT2D eigenvalue weighted by Gasteiger charge is -2.32. The average molecular weight is 376 g/mol. The predicted molar refractivity (Wildman–Crippen MR) is 100 cm³/mol. The number of hydrogen-bond acceptors (Lipinski definition) is 4. The number of carbonyl (C=O) groups excluding carboxylic acids is 2. The van der Waals surface area contributed by atoms with E-state index < -0.39 is 18.0 Å². The van der Waals surface area contributed by atoms with E-state index in [1.165, 1.54) is 9.80 Å². The fraction of sp³-hybridized carbons (Fsp3) is 0.550. The summed E-state index contributed by atoms with van der Waals surface area (Å²) in [6, 6.07) is 7.47. The fourth-order valence-corrected chi connectivity index (χ4v) is 3.19. The Morgan fingerprint density at radius 3 is 2.74 bits per heavy atom. The van der Waals surface area contributed by atoms with Crippen molar-refractivity contribution in [3.63, 3.8) is 0 Å². The highest BCUT2D eigenvalue weighted by Gasteiger charge is 2.30. The maximum absolute atomic E-state index is 12.7. The Bertz CT molecular complexity index is 691. The van der Waals surface area contributed by atoms with E-state index in [2.05, 4.69) is 0 Å². The van der Waals surface area contributed by atoms with Crippen molar-refractivity contribution in [2.45, 2.75) is 39.2 Å². The maximum atomic E-state index is 12.7. The third-order valence-corrected chi connectivity index (χ3v) is 4.79. The first-order valence-electron chi connectivity index (χ1n) is 9.30. The molecule has 1 saturated heterocycles. The Balaban J connectivity index is 1.94. The van der Waals surface area contributed by atoms with Crippen LogP contribution in [0.15, 0.2) is 24.3 Å². The van der Waals surface area contributed by atoms with E-state index >= 15 is 0 Å². The number of carbonyl (C=O) groups is 3. The minimum atomic E-state index is -0.880. The largest absolute Gasteiger partial charge is 0.481 e. The Morgan fingerprint density at radius 1 is 1.37 bits per heavy atom. The Labute approximate surface area is 159 Å². The maximum Gasteiger partial charge on any atom is 0.308 e. The summed E-state index contributed by atoms with van der Waals surface area (Å²) in [6.45, 7) is 4.45. The van der Waals surface area contributed by atoms with Crippen LogP contribution < -0.4 is 4.74 Å². The van der Waals surface area contributed by atoms with E-state index in [-0.39, 0.29) is 24.9 Å². The number of carboxylic acid groups (broad SMARTS) is 1. The fourth-order valence-electron chi connectivity index (χ4n) is 3.19. The summed E-state index contributed by atoms with van der Waals surface area (Å²) in [5.41, 5.74) is 1.04. The number of hydrogen-bond donors (Lipinski definition) is 1. The highest BCUT2D eigenvalue weighted by atomic mass is 16.5. The number of aliphatic carboxylic acids is 1. The number of rotatable bonds is 7. The molecule has 0 aromatic heterocycles. The van der Waals surface area contributed by atoms with Crippen molar-refractivity contribution < 1.29 is 24.2 Å². The molecular formula is C20H28N2O5. The second kappa shape index (κ2) is 9.39. The number of nitrogens with zero attached hydrogens (tertiary/aromatic N) is 2. The van der Waals surface area contributed by atoms with Crippen LogP contribution in [0.1, 0.15) is 31.7 Å². The highest BCUT2D eigenvalue weighted by Crippen LogP contribution is 2.18. The monoisotopic (exact) mass is 376 g/mol. The second-order valence-electron chi connectivity index (χ2n) is 7.04. The van der Waals surface area contributed by atoms with Gasteiger partial charge in [-0.05, 0) is 43.9 Å². The van der Waals surface area contributed by atoms with Crippen molar-refractivity contribution in [3.05, 3.63) is 29.8 Å². The highest BCUT2D eigenvalue weighted by molar-refractivity contribution is 5.87. The molecule has 1 aliphatic heterocycles. The molecule has 1 aromatic rings. The molecule has 2 rings (SSSR count). The number of likely N-dealkylation sites (tertiary alicyclic amines) is 1. The lowest BCUT2D eigenvalue weighted by atomic mass is 9.98. The van der Waals surface area contributed by atoms with Gasteiger partial charge in [0.25, 0.3) is 5.91 Å². The van der Waals surface area contributed by atoms with E-state index in [1.807, 2.05) is 32.0 Å². The number of amides is 2. The summed E-state index contributed by atoms with van der Waals surface area (Å²) < 4.78 is 5.81. The first-order chi connectivity index (χ1) is 12.8. The van der Waals surface area contributed by atoms with Gasteiger partial charge >= 0.3 is 5.97 Å². The number of benzene rings is 1. The van der Waals surface area contributed by atoms with Crippen molar-refractivity contribution >= 4 is 17.8 Å². The zero-order chi connectivity index (χ0) is 20.0. The van der Waals surface area contributed by atoms with Gasteiger partial charge in [0.15, 0.2) is 6.10 Å². The van der Waals surface area contributed by atoms with Gasteiger partial charge in [-0.25, -0.2) is 0 Å². The summed E-state index contributed by atoms with van der Waals surface area (Å²) in [4.78, 5) is 39.2. The molecule has 2 unspecified atom stereocenters. The normalized spacial score (nSPS) is 17.9. The average Bonchev–Trinajstić information content (AvgIpc) is 2.65. The van der Waals surface area contributed by atoms with Crippen LogP contribution in [-0.2, 0) is 14.4 Å². The van der Waals surface area contributed by atoms with Crippen molar-refractivity contribution in [1.82, 2.24) is 9.80 Å². The van der Waals surface area contributed by atoms with Gasteiger partial charge in [-0.15, -0.1) is 0 Å². The first kappa shape index (κ1) is 20.7. The van der Waals surface area contributed by atoms with Crippen molar-refractivity contribution in [2.24, 2.45) is 5.92 Å². The van der Waals surface area contributed by atoms with Gasteiger partial charge in [0.2, 0.25) is 5.91 Å². The molecule has 2 amide bonds. The van der Waals surface area contributed by atoms with E-state index in [0.717, 1.165) is 5.56 Å². The predicted octanol–water partition coefficient (Wildman–Crippen LogP) is 1.93. The van der Waals surface area contributed by atoms with Gasteiger partial charge in [-0.2, -0.15) is 0 Å². The lowest BCUT2D eigenvalue weighted by Crippen LogP contribution is -2.49. The van der Waals surface area contributed by atoms with Crippen LogP contribution in [-0.4, -0.2) is 65.5 Å². The number of carboxylic acids is 1.